The first kappa shape index (κ1) is 20.9. The standard InChI is InChI=1S/C18H25N2O6P/c1-5-13-16(14(6-2)18(25-4)15(21)17(13)24-3)26-27(22,23)11-20-12-8-7-9-19-10-12/h7-10,20-21H,5-6,11H2,1-4H3,(H,22,23). The van der Waals surface area contributed by atoms with Crippen LogP contribution in [0.25, 0.3) is 0 Å². The summed E-state index contributed by atoms with van der Waals surface area (Å²) in [6.45, 7) is 3.68. The molecule has 27 heavy (non-hydrogen) atoms. The fourth-order valence-corrected chi connectivity index (χ4v) is 3.76. The average Bonchev–Trinajstić information content (AvgIpc) is 2.67. The molecule has 0 bridgehead atoms. The van der Waals surface area contributed by atoms with Crippen molar-refractivity contribution < 1.29 is 28.6 Å². The molecule has 0 radical (unpaired) electrons. The summed E-state index contributed by atoms with van der Waals surface area (Å²) in [4.78, 5) is 14.3. The molecule has 1 aromatic heterocycles. The molecule has 0 saturated heterocycles. The molecule has 9 heteroatoms. The smallest absolute Gasteiger partial charge is 0.395 e. The molecule has 0 aliphatic heterocycles. The second-order valence-electron chi connectivity index (χ2n) is 5.71. The van der Waals surface area contributed by atoms with Gasteiger partial charge >= 0.3 is 7.60 Å². The van der Waals surface area contributed by atoms with Crippen LogP contribution in [0, 0.1) is 0 Å². The largest absolute Gasteiger partial charge is 0.502 e. The highest BCUT2D eigenvalue weighted by molar-refractivity contribution is 7.53. The zero-order chi connectivity index (χ0) is 20.0. The van der Waals surface area contributed by atoms with Gasteiger partial charge in [0.25, 0.3) is 0 Å². The number of pyridine rings is 1. The minimum Gasteiger partial charge on any atom is -0.502 e. The van der Waals surface area contributed by atoms with Gasteiger partial charge in [0.2, 0.25) is 5.75 Å². The minimum atomic E-state index is -4.07. The Morgan fingerprint density at radius 1 is 1.11 bits per heavy atom. The first-order chi connectivity index (χ1) is 12.9. The Bertz CT molecular complexity index is 795. The number of phenolic OH excluding ortho intramolecular Hbond substituents is 1. The molecular weight excluding hydrogens is 371 g/mol. The molecule has 1 atom stereocenters. The number of methoxy groups -OCH3 is 2. The summed E-state index contributed by atoms with van der Waals surface area (Å²) in [6, 6.07) is 3.44. The van der Waals surface area contributed by atoms with Crippen LogP contribution in [0.2, 0.25) is 0 Å². The number of aromatic hydroxyl groups is 1. The molecule has 0 aliphatic carbocycles. The third kappa shape index (κ3) is 4.64. The van der Waals surface area contributed by atoms with Crippen LogP contribution in [-0.4, -0.2) is 35.5 Å². The molecular formula is C18H25N2O6P. The highest BCUT2D eigenvalue weighted by atomic mass is 31.2. The van der Waals surface area contributed by atoms with Gasteiger partial charge in [-0.2, -0.15) is 0 Å². The SMILES string of the molecule is CCc1c(OC)c(O)c(OC)c(CC)c1OP(=O)(O)CNc1cccnc1. The molecule has 0 aliphatic rings. The van der Waals surface area contributed by atoms with Gasteiger partial charge in [-0.3, -0.25) is 4.98 Å². The molecule has 1 aromatic carbocycles. The zero-order valence-electron chi connectivity index (χ0n) is 15.9. The van der Waals surface area contributed by atoms with Crippen molar-refractivity contribution in [1.29, 1.82) is 0 Å². The topological polar surface area (TPSA) is 110 Å². The number of hydrogen-bond acceptors (Lipinski definition) is 7. The van der Waals surface area contributed by atoms with Crippen molar-refractivity contribution in [1.82, 2.24) is 4.98 Å². The summed E-state index contributed by atoms with van der Waals surface area (Å²) in [6.07, 6.45) is 3.70. The lowest BCUT2D eigenvalue weighted by atomic mass is 10.0. The summed E-state index contributed by atoms with van der Waals surface area (Å²) in [5, 5.41) is 13.3. The van der Waals surface area contributed by atoms with Gasteiger partial charge in [0, 0.05) is 23.5 Å². The number of benzene rings is 1. The van der Waals surface area contributed by atoms with E-state index in [1.807, 2.05) is 13.8 Å². The number of aromatic nitrogens is 1. The van der Waals surface area contributed by atoms with E-state index in [-0.39, 0.29) is 29.3 Å². The zero-order valence-corrected chi connectivity index (χ0v) is 16.7. The van der Waals surface area contributed by atoms with Crippen molar-refractivity contribution in [3.8, 4) is 23.0 Å². The van der Waals surface area contributed by atoms with Crippen molar-refractivity contribution in [2.24, 2.45) is 0 Å². The number of nitrogens with one attached hydrogen (secondary N) is 1. The third-order valence-electron chi connectivity index (χ3n) is 4.02. The highest BCUT2D eigenvalue weighted by Gasteiger charge is 2.30. The van der Waals surface area contributed by atoms with E-state index in [0.29, 0.717) is 29.7 Å². The fraction of sp³-hybridized carbons (Fsp3) is 0.389. The minimum absolute atomic E-state index is 0.151. The van der Waals surface area contributed by atoms with Crippen molar-refractivity contribution in [2.75, 3.05) is 25.8 Å². The fourth-order valence-electron chi connectivity index (χ4n) is 2.80. The molecule has 0 fully saturated rings. The van der Waals surface area contributed by atoms with Crippen molar-refractivity contribution in [2.45, 2.75) is 26.7 Å². The van der Waals surface area contributed by atoms with Crippen LogP contribution in [0.15, 0.2) is 24.5 Å². The number of hydrogen-bond donors (Lipinski definition) is 3. The molecule has 3 N–H and O–H groups in total. The molecule has 8 nitrogen and oxygen atoms in total. The van der Waals surface area contributed by atoms with Gasteiger partial charge in [0.05, 0.1) is 19.9 Å². The maximum atomic E-state index is 12.7. The molecule has 2 aromatic rings. The summed E-state index contributed by atoms with van der Waals surface area (Å²) >= 11 is 0. The Balaban J connectivity index is 2.42. The second kappa shape index (κ2) is 8.97. The molecule has 0 saturated carbocycles. The van der Waals surface area contributed by atoms with E-state index >= 15 is 0 Å². The van der Waals surface area contributed by atoms with E-state index in [9.17, 15) is 14.6 Å². The predicted molar refractivity (Wildman–Crippen MR) is 103 cm³/mol. The van der Waals surface area contributed by atoms with Gasteiger partial charge in [-0.1, -0.05) is 13.8 Å². The lowest BCUT2D eigenvalue weighted by Crippen LogP contribution is -2.10. The normalized spacial score (nSPS) is 12.9. The van der Waals surface area contributed by atoms with Crippen LogP contribution in [0.4, 0.5) is 5.69 Å². The predicted octanol–water partition coefficient (Wildman–Crippen LogP) is 3.56. The van der Waals surface area contributed by atoms with Gasteiger partial charge < -0.3 is 29.3 Å². The van der Waals surface area contributed by atoms with Crippen LogP contribution in [0.5, 0.6) is 23.0 Å². The van der Waals surface area contributed by atoms with Gasteiger partial charge in [-0.25, -0.2) is 4.57 Å². The maximum absolute atomic E-state index is 12.7. The van der Waals surface area contributed by atoms with Gasteiger partial charge in [-0.05, 0) is 25.0 Å². The Morgan fingerprint density at radius 2 is 1.70 bits per heavy atom. The van der Waals surface area contributed by atoms with E-state index < -0.39 is 7.60 Å². The molecule has 2 rings (SSSR count). The molecule has 1 heterocycles. The lowest BCUT2D eigenvalue weighted by molar-refractivity contribution is 0.327. The molecule has 0 amide bonds. The average molecular weight is 396 g/mol. The molecule has 0 spiro atoms. The quantitative estimate of drug-likeness (QED) is 0.552. The van der Waals surface area contributed by atoms with Gasteiger partial charge in [-0.15, -0.1) is 0 Å². The molecule has 1 unspecified atom stereocenters. The van der Waals surface area contributed by atoms with E-state index in [0.717, 1.165) is 0 Å². The molecule has 148 valence electrons. The summed E-state index contributed by atoms with van der Waals surface area (Å²) in [7, 11) is -1.25. The Morgan fingerprint density at radius 3 is 2.15 bits per heavy atom. The van der Waals surface area contributed by atoms with Crippen LogP contribution in [-0.2, 0) is 17.4 Å². The number of anilines is 1. The number of rotatable bonds is 9. The lowest BCUT2D eigenvalue weighted by Gasteiger charge is -2.23. The van der Waals surface area contributed by atoms with Gasteiger partial charge in [0.1, 0.15) is 12.0 Å². The van der Waals surface area contributed by atoms with E-state index in [1.54, 1.807) is 24.5 Å². The highest BCUT2D eigenvalue weighted by Crippen LogP contribution is 2.53. The van der Waals surface area contributed by atoms with Crippen molar-refractivity contribution in [3.63, 3.8) is 0 Å². The van der Waals surface area contributed by atoms with Crippen molar-refractivity contribution in [3.05, 3.63) is 35.7 Å². The monoisotopic (exact) mass is 396 g/mol. The first-order valence-electron chi connectivity index (χ1n) is 8.52. The van der Waals surface area contributed by atoms with Gasteiger partial charge in [0.15, 0.2) is 11.5 Å². The summed E-state index contributed by atoms with van der Waals surface area (Å²) in [5.74, 6) is 0.385. The van der Waals surface area contributed by atoms with Crippen molar-refractivity contribution >= 4 is 13.3 Å². The number of nitrogens with zero attached hydrogens (tertiary/aromatic N) is 1. The van der Waals surface area contributed by atoms with E-state index in [2.05, 4.69) is 10.3 Å². The first-order valence-corrected chi connectivity index (χ1v) is 10.3. The Labute approximate surface area is 158 Å². The van der Waals surface area contributed by atoms with Crippen LogP contribution >= 0.6 is 7.60 Å². The van der Waals surface area contributed by atoms with Crippen LogP contribution in [0.1, 0.15) is 25.0 Å². The Hall–Kier alpha value is -2.44. The summed E-state index contributed by atoms with van der Waals surface area (Å²) in [5.41, 5.74) is 1.61. The second-order valence-corrected chi connectivity index (χ2v) is 7.49. The maximum Gasteiger partial charge on any atom is 0.395 e. The summed E-state index contributed by atoms with van der Waals surface area (Å²) < 4.78 is 28.8. The van der Waals surface area contributed by atoms with Crippen LogP contribution < -0.4 is 19.3 Å². The van der Waals surface area contributed by atoms with E-state index in [4.69, 9.17) is 14.0 Å². The number of phenols is 1. The third-order valence-corrected chi connectivity index (χ3v) is 5.05. The van der Waals surface area contributed by atoms with Crippen LogP contribution in [0.3, 0.4) is 0 Å². The van der Waals surface area contributed by atoms with E-state index in [1.165, 1.54) is 14.2 Å². The Kier molecular flexibility index (Phi) is 6.93. The number of ether oxygens (including phenoxy) is 2.